The number of anilines is 2. The Morgan fingerprint density at radius 1 is 1.00 bits per heavy atom. The van der Waals surface area contributed by atoms with Crippen molar-refractivity contribution in [1.82, 2.24) is 9.78 Å². The van der Waals surface area contributed by atoms with Crippen molar-refractivity contribution in [2.75, 3.05) is 10.6 Å². The molecule has 0 spiro atoms. The van der Waals surface area contributed by atoms with Crippen molar-refractivity contribution in [3.8, 4) is 0 Å². The number of amides is 2. The molecule has 0 aliphatic heterocycles. The van der Waals surface area contributed by atoms with Gasteiger partial charge in [0.25, 0.3) is 5.91 Å². The van der Waals surface area contributed by atoms with Crippen molar-refractivity contribution in [3.05, 3.63) is 75.5 Å². The van der Waals surface area contributed by atoms with E-state index >= 15 is 0 Å². The molecule has 0 unspecified atom stereocenters. The van der Waals surface area contributed by atoms with E-state index in [-0.39, 0.29) is 17.0 Å². The molecule has 0 fully saturated rings. The molecule has 1 aromatic heterocycles. The summed E-state index contributed by atoms with van der Waals surface area (Å²) in [5.41, 5.74) is 2.90. The average Bonchev–Trinajstić information content (AvgIpc) is 2.92. The number of hydrogen-bond donors (Lipinski definition) is 2. The third-order valence-corrected chi connectivity index (χ3v) is 4.79. The summed E-state index contributed by atoms with van der Waals surface area (Å²) in [6.07, 6.45) is 0. The summed E-state index contributed by atoms with van der Waals surface area (Å²) in [5.74, 6) is -0.523. The van der Waals surface area contributed by atoms with Gasteiger partial charge in [0.15, 0.2) is 0 Å². The second-order valence-corrected chi connectivity index (χ2v) is 6.98. The molecule has 2 amide bonds. The topological polar surface area (TPSA) is 76.0 Å². The van der Waals surface area contributed by atoms with Gasteiger partial charge in [-0.3, -0.25) is 9.59 Å². The molecule has 0 aliphatic rings. The van der Waals surface area contributed by atoms with Gasteiger partial charge in [0.2, 0.25) is 5.91 Å². The van der Waals surface area contributed by atoms with Gasteiger partial charge < -0.3 is 10.6 Å². The van der Waals surface area contributed by atoms with Crippen molar-refractivity contribution in [1.29, 1.82) is 0 Å². The van der Waals surface area contributed by atoms with Crippen LogP contribution in [-0.2, 0) is 11.3 Å². The molecule has 8 heteroatoms. The summed E-state index contributed by atoms with van der Waals surface area (Å²) in [6.45, 7) is 3.52. The number of hydrogen-bond acceptors (Lipinski definition) is 3. The van der Waals surface area contributed by atoms with Crippen LogP contribution in [0.4, 0.5) is 11.4 Å². The molecular formula is C20H18Cl2N4O2. The number of carbonyl (C=O) groups excluding carboxylic acids is 2. The van der Waals surface area contributed by atoms with Gasteiger partial charge in [-0.1, -0.05) is 41.4 Å². The molecule has 0 aliphatic carbocycles. The molecule has 2 N–H and O–H groups in total. The number of aromatic nitrogens is 2. The number of aryl methyl sites for hydroxylation is 1. The van der Waals surface area contributed by atoms with E-state index in [1.54, 1.807) is 41.9 Å². The van der Waals surface area contributed by atoms with Crippen LogP contribution in [0.15, 0.2) is 48.5 Å². The normalized spacial score (nSPS) is 10.6. The third kappa shape index (κ3) is 4.52. The SMILES string of the molecule is CC(=O)Nc1ccc(NC(=O)c2c(C)nn(Cc3ccccc3Cl)c2Cl)cc1. The van der Waals surface area contributed by atoms with Crippen molar-refractivity contribution in [2.45, 2.75) is 20.4 Å². The lowest BCUT2D eigenvalue weighted by Crippen LogP contribution is -2.13. The highest BCUT2D eigenvalue weighted by molar-refractivity contribution is 6.34. The van der Waals surface area contributed by atoms with Crippen LogP contribution >= 0.6 is 23.2 Å². The zero-order valence-corrected chi connectivity index (χ0v) is 16.8. The van der Waals surface area contributed by atoms with Crippen LogP contribution in [0, 0.1) is 6.92 Å². The second-order valence-electron chi connectivity index (χ2n) is 6.21. The number of halogens is 2. The molecule has 28 heavy (non-hydrogen) atoms. The molecular weight excluding hydrogens is 399 g/mol. The highest BCUT2D eigenvalue weighted by Crippen LogP contribution is 2.24. The van der Waals surface area contributed by atoms with Crippen LogP contribution in [0.1, 0.15) is 28.5 Å². The first kappa shape index (κ1) is 19.9. The van der Waals surface area contributed by atoms with E-state index in [1.165, 1.54) is 6.92 Å². The molecule has 3 aromatic rings. The first-order valence-electron chi connectivity index (χ1n) is 8.50. The van der Waals surface area contributed by atoms with Crippen LogP contribution in [-0.4, -0.2) is 21.6 Å². The monoisotopic (exact) mass is 416 g/mol. The highest BCUT2D eigenvalue weighted by atomic mass is 35.5. The van der Waals surface area contributed by atoms with E-state index in [0.29, 0.717) is 34.2 Å². The van der Waals surface area contributed by atoms with Gasteiger partial charge in [-0.05, 0) is 42.8 Å². The number of rotatable bonds is 5. The van der Waals surface area contributed by atoms with Crippen LogP contribution < -0.4 is 10.6 Å². The Morgan fingerprint density at radius 3 is 2.21 bits per heavy atom. The van der Waals surface area contributed by atoms with Crippen molar-refractivity contribution < 1.29 is 9.59 Å². The van der Waals surface area contributed by atoms with Gasteiger partial charge in [0.05, 0.1) is 17.8 Å². The average molecular weight is 417 g/mol. The molecule has 1 heterocycles. The molecule has 0 saturated carbocycles. The van der Waals surface area contributed by atoms with Crippen LogP contribution in [0.3, 0.4) is 0 Å². The summed E-state index contributed by atoms with van der Waals surface area (Å²) in [5, 5.41) is 10.7. The van der Waals surface area contributed by atoms with E-state index in [2.05, 4.69) is 15.7 Å². The lowest BCUT2D eigenvalue weighted by molar-refractivity contribution is -0.114. The van der Waals surface area contributed by atoms with E-state index in [1.807, 2.05) is 18.2 Å². The maximum absolute atomic E-state index is 12.7. The largest absolute Gasteiger partial charge is 0.326 e. The number of nitrogens with zero attached hydrogens (tertiary/aromatic N) is 2. The summed E-state index contributed by atoms with van der Waals surface area (Å²) < 4.78 is 1.55. The summed E-state index contributed by atoms with van der Waals surface area (Å²) in [7, 11) is 0. The minimum absolute atomic E-state index is 0.162. The number of benzene rings is 2. The number of carbonyl (C=O) groups is 2. The van der Waals surface area contributed by atoms with Crippen LogP contribution in [0.25, 0.3) is 0 Å². The molecule has 3 rings (SSSR count). The van der Waals surface area contributed by atoms with Crippen LogP contribution in [0.2, 0.25) is 10.2 Å². The van der Waals surface area contributed by atoms with Gasteiger partial charge >= 0.3 is 0 Å². The van der Waals surface area contributed by atoms with E-state index in [4.69, 9.17) is 23.2 Å². The fraction of sp³-hybridized carbons (Fsp3) is 0.150. The molecule has 0 saturated heterocycles. The van der Waals surface area contributed by atoms with Crippen molar-refractivity contribution in [3.63, 3.8) is 0 Å². The Morgan fingerprint density at radius 2 is 1.61 bits per heavy atom. The molecule has 2 aromatic carbocycles. The Labute approximate surface area is 172 Å². The Hall–Kier alpha value is -2.83. The quantitative estimate of drug-likeness (QED) is 0.629. The van der Waals surface area contributed by atoms with Gasteiger partial charge in [-0.2, -0.15) is 5.10 Å². The minimum Gasteiger partial charge on any atom is -0.326 e. The van der Waals surface area contributed by atoms with Gasteiger partial charge in [-0.15, -0.1) is 0 Å². The molecule has 144 valence electrons. The zero-order chi connectivity index (χ0) is 20.3. The fourth-order valence-electron chi connectivity index (χ4n) is 2.74. The molecule has 0 bridgehead atoms. The second kappa shape index (κ2) is 8.46. The van der Waals surface area contributed by atoms with E-state index < -0.39 is 0 Å². The zero-order valence-electron chi connectivity index (χ0n) is 15.3. The maximum atomic E-state index is 12.7. The lowest BCUT2D eigenvalue weighted by atomic mass is 10.2. The molecule has 0 atom stereocenters. The van der Waals surface area contributed by atoms with Gasteiger partial charge in [0.1, 0.15) is 5.15 Å². The molecule has 6 nitrogen and oxygen atoms in total. The standard InChI is InChI=1S/C20H18Cl2N4O2/c1-12-18(19(22)26(25-12)11-14-5-3-4-6-17(14)21)20(28)24-16-9-7-15(8-10-16)23-13(2)27/h3-10H,11H2,1-2H3,(H,23,27)(H,24,28). The smallest absolute Gasteiger partial charge is 0.260 e. The predicted molar refractivity (Wildman–Crippen MR) is 111 cm³/mol. The first-order chi connectivity index (χ1) is 13.3. The fourth-order valence-corrected chi connectivity index (χ4v) is 3.25. The van der Waals surface area contributed by atoms with Gasteiger partial charge in [-0.25, -0.2) is 4.68 Å². The van der Waals surface area contributed by atoms with Crippen LogP contribution in [0.5, 0.6) is 0 Å². The Balaban J connectivity index is 1.78. The minimum atomic E-state index is -0.361. The summed E-state index contributed by atoms with van der Waals surface area (Å²) in [4.78, 5) is 23.8. The Kier molecular flexibility index (Phi) is 6.02. The summed E-state index contributed by atoms with van der Waals surface area (Å²) in [6, 6.07) is 14.2. The Bertz CT molecular complexity index is 1030. The van der Waals surface area contributed by atoms with Gasteiger partial charge in [0, 0.05) is 23.3 Å². The first-order valence-corrected chi connectivity index (χ1v) is 9.26. The third-order valence-electron chi connectivity index (χ3n) is 4.03. The summed E-state index contributed by atoms with van der Waals surface area (Å²) >= 11 is 12.6. The van der Waals surface area contributed by atoms with Crippen molar-refractivity contribution >= 4 is 46.4 Å². The predicted octanol–water partition coefficient (Wildman–Crippen LogP) is 4.76. The number of nitrogens with one attached hydrogen (secondary N) is 2. The van der Waals surface area contributed by atoms with Crippen molar-refractivity contribution in [2.24, 2.45) is 0 Å². The molecule has 0 radical (unpaired) electrons. The maximum Gasteiger partial charge on any atom is 0.260 e. The highest BCUT2D eigenvalue weighted by Gasteiger charge is 2.21. The lowest BCUT2D eigenvalue weighted by Gasteiger charge is -2.08. The van der Waals surface area contributed by atoms with E-state index in [0.717, 1.165) is 5.56 Å². The van der Waals surface area contributed by atoms with E-state index in [9.17, 15) is 9.59 Å².